The quantitative estimate of drug-likeness (QED) is 0.824. The van der Waals surface area contributed by atoms with Gasteiger partial charge in [-0.15, -0.1) is 0 Å². The zero-order valence-corrected chi connectivity index (χ0v) is 12.5. The normalized spacial score (nSPS) is 12.1. The number of hydrogen-bond acceptors (Lipinski definition) is 5. The Balaban J connectivity index is 2.61. The molecule has 0 aliphatic heterocycles. The van der Waals surface area contributed by atoms with E-state index >= 15 is 0 Å². The maximum atomic E-state index is 12.0. The van der Waals surface area contributed by atoms with Gasteiger partial charge in [-0.25, -0.2) is 14.6 Å². The summed E-state index contributed by atoms with van der Waals surface area (Å²) in [4.78, 5) is 29.2. The molecule has 0 saturated carbocycles. The van der Waals surface area contributed by atoms with Crippen LogP contribution >= 0.6 is 0 Å². The van der Waals surface area contributed by atoms with Crippen LogP contribution in [0, 0.1) is 12.8 Å². The van der Waals surface area contributed by atoms with Crippen LogP contribution in [0.3, 0.4) is 0 Å². The number of aryl methyl sites for hydroxylation is 1. The fourth-order valence-corrected chi connectivity index (χ4v) is 1.66. The third-order valence-electron chi connectivity index (χ3n) is 2.81. The number of carbonyl (C=O) groups is 2. The molecule has 0 aliphatic rings. The zero-order valence-electron chi connectivity index (χ0n) is 12.5. The van der Waals surface area contributed by atoms with Crippen LogP contribution in [0.2, 0.25) is 0 Å². The highest BCUT2D eigenvalue weighted by atomic mass is 16.5. The van der Waals surface area contributed by atoms with Crippen LogP contribution in [0.1, 0.15) is 25.4 Å². The Morgan fingerprint density at radius 1 is 1.50 bits per heavy atom. The average Bonchev–Trinajstić information content (AvgIpc) is 2.79. The van der Waals surface area contributed by atoms with E-state index in [0.29, 0.717) is 18.1 Å². The number of amides is 2. The molecule has 20 heavy (non-hydrogen) atoms. The molecule has 0 unspecified atom stereocenters. The second kappa shape index (κ2) is 6.93. The topological polar surface area (TPSA) is 84.7 Å². The smallest absolute Gasteiger partial charge is 0.328 e. The summed E-state index contributed by atoms with van der Waals surface area (Å²) in [5, 5.41) is 2.65. The number of oxazole rings is 1. The van der Waals surface area contributed by atoms with Crippen molar-refractivity contribution in [3.05, 3.63) is 17.8 Å². The van der Waals surface area contributed by atoms with Crippen molar-refractivity contribution in [3.8, 4) is 0 Å². The molecule has 1 rings (SSSR count). The molecule has 2 amide bonds. The number of methoxy groups -OCH3 is 1. The van der Waals surface area contributed by atoms with Crippen LogP contribution in [-0.2, 0) is 16.1 Å². The average molecular weight is 283 g/mol. The molecule has 1 atom stereocenters. The van der Waals surface area contributed by atoms with Gasteiger partial charge in [0.2, 0.25) is 0 Å². The molecule has 0 fully saturated rings. The van der Waals surface area contributed by atoms with E-state index in [4.69, 9.17) is 4.42 Å². The highest BCUT2D eigenvalue weighted by Crippen LogP contribution is 2.07. The molecule has 0 aromatic carbocycles. The van der Waals surface area contributed by atoms with Crippen LogP contribution in [0.25, 0.3) is 0 Å². The molecule has 1 aromatic heterocycles. The fourth-order valence-electron chi connectivity index (χ4n) is 1.66. The summed E-state index contributed by atoms with van der Waals surface area (Å²) in [6.45, 7) is 5.70. The third kappa shape index (κ3) is 4.25. The lowest BCUT2D eigenvalue weighted by Crippen LogP contribution is -2.49. The third-order valence-corrected chi connectivity index (χ3v) is 2.81. The molecule has 7 nitrogen and oxygen atoms in total. The predicted molar refractivity (Wildman–Crippen MR) is 71.9 cm³/mol. The minimum absolute atomic E-state index is 0.0610. The first kappa shape index (κ1) is 16.0. The molecule has 1 N–H and O–H groups in total. The van der Waals surface area contributed by atoms with Gasteiger partial charge in [0.05, 0.1) is 19.3 Å². The maximum Gasteiger partial charge on any atom is 0.328 e. The number of rotatable bonds is 5. The van der Waals surface area contributed by atoms with Crippen LogP contribution in [-0.4, -0.2) is 42.1 Å². The highest BCUT2D eigenvalue weighted by molar-refractivity contribution is 5.83. The Bertz CT molecular complexity index is 470. The van der Waals surface area contributed by atoms with Crippen molar-refractivity contribution in [2.75, 3.05) is 14.2 Å². The lowest BCUT2D eigenvalue weighted by atomic mass is 10.1. The van der Waals surface area contributed by atoms with E-state index in [1.165, 1.54) is 18.3 Å². The highest BCUT2D eigenvalue weighted by Gasteiger charge is 2.26. The summed E-state index contributed by atoms with van der Waals surface area (Å²) in [7, 11) is 2.92. The Kier molecular flexibility index (Phi) is 5.54. The Hall–Kier alpha value is -2.05. The predicted octanol–water partition coefficient (Wildman–Crippen LogP) is 1.32. The SMILES string of the molecule is COC(=O)[C@@H](NC(=O)N(C)Cc1coc(C)n1)C(C)C. The van der Waals surface area contributed by atoms with E-state index in [0.717, 1.165) is 0 Å². The molecule has 0 aliphatic carbocycles. The molecule has 1 heterocycles. The summed E-state index contributed by atoms with van der Waals surface area (Å²) in [6.07, 6.45) is 1.50. The van der Waals surface area contributed by atoms with Gasteiger partial charge in [-0.2, -0.15) is 0 Å². The van der Waals surface area contributed by atoms with E-state index in [2.05, 4.69) is 15.0 Å². The van der Waals surface area contributed by atoms with E-state index < -0.39 is 12.0 Å². The van der Waals surface area contributed by atoms with E-state index in [1.54, 1.807) is 14.0 Å². The van der Waals surface area contributed by atoms with E-state index in [1.807, 2.05) is 13.8 Å². The van der Waals surface area contributed by atoms with E-state index in [-0.39, 0.29) is 11.9 Å². The summed E-state index contributed by atoms with van der Waals surface area (Å²) in [5.41, 5.74) is 0.652. The van der Waals surface area contributed by atoms with Gasteiger partial charge in [-0.1, -0.05) is 13.8 Å². The summed E-state index contributed by atoms with van der Waals surface area (Å²) in [5.74, 6) is 0.0246. The van der Waals surface area contributed by atoms with Gasteiger partial charge < -0.3 is 19.4 Å². The first-order valence-electron chi connectivity index (χ1n) is 6.35. The van der Waals surface area contributed by atoms with Gasteiger partial charge in [0, 0.05) is 14.0 Å². The van der Waals surface area contributed by atoms with Crippen LogP contribution in [0.15, 0.2) is 10.7 Å². The molecule has 7 heteroatoms. The Morgan fingerprint density at radius 2 is 2.15 bits per heavy atom. The van der Waals surface area contributed by atoms with Crippen molar-refractivity contribution < 1.29 is 18.7 Å². The molecule has 1 aromatic rings. The molecule has 0 bridgehead atoms. The monoisotopic (exact) mass is 283 g/mol. The van der Waals surface area contributed by atoms with Gasteiger partial charge in [-0.3, -0.25) is 0 Å². The molecular weight excluding hydrogens is 262 g/mol. The minimum Gasteiger partial charge on any atom is -0.467 e. The van der Waals surface area contributed by atoms with Gasteiger partial charge in [0.1, 0.15) is 12.3 Å². The van der Waals surface area contributed by atoms with Crippen molar-refractivity contribution >= 4 is 12.0 Å². The number of nitrogens with one attached hydrogen (secondary N) is 1. The second-order valence-electron chi connectivity index (χ2n) is 4.91. The van der Waals surface area contributed by atoms with Crippen molar-refractivity contribution in [2.24, 2.45) is 5.92 Å². The Morgan fingerprint density at radius 3 is 2.60 bits per heavy atom. The lowest BCUT2D eigenvalue weighted by Gasteiger charge is -2.23. The van der Waals surface area contributed by atoms with Crippen LogP contribution in [0.5, 0.6) is 0 Å². The van der Waals surface area contributed by atoms with Gasteiger partial charge >= 0.3 is 12.0 Å². The largest absolute Gasteiger partial charge is 0.467 e. The number of aromatic nitrogens is 1. The maximum absolute atomic E-state index is 12.0. The van der Waals surface area contributed by atoms with Gasteiger partial charge in [-0.05, 0) is 5.92 Å². The number of urea groups is 1. The summed E-state index contributed by atoms with van der Waals surface area (Å²) in [6, 6.07) is -1.04. The van der Waals surface area contributed by atoms with Gasteiger partial charge in [0.25, 0.3) is 0 Å². The van der Waals surface area contributed by atoms with Crippen molar-refractivity contribution in [1.29, 1.82) is 0 Å². The number of ether oxygens (including phenoxy) is 1. The van der Waals surface area contributed by atoms with Crippen molar-refractivity contribution in [3.63, 3.8) is 0 Å². The molecule has 0 spiro atoms. The number of esters is 1. The van der Waals surface area contributed by atoms with Crippen molar-refractivity contribution in [2.45, 2.75) is 33.4 Å². The molecule has 0 radical (unpaired) electrons. The van der Waals surface area contributed by atoms with Crippen LogP contribution in [0.4, 0.5) is 4.79 Å². The lowest BCUT2D eigenvalue weighted by molar-refractivity contribution is -0.144. The second-order valence-corrected chi connectivity index (χ2v) is 4.91. The van der Waals surface area contributed by atoms with E-state index in [9.17, 15) is 9.59 Å². The minimum atomic E-state index is -0.672. The standard InChI is InChI=1S/C13H21N3O4/c1-8(2)11(12(17)19-5)15-13(18)16(4)6-10-7-20-9(3)14-10/h7-8,11H,6H2,1-5H3,(H,15,18)/t11-/m0/s1. The van der Waals surface area contributed by atoms with Crippen molar-refractivity contribution in [1.82, 2.24) is 15.2 Å². The summed E-state index contributed by atoms with van der Waals surface area (Å²) >= 11 is 0. The number of hydrogen-bond donors (Lipinski definition) is 1. The molecule has 0 saturated heterocycles. The Labute approximate surface area is 118 Å². The molecular formula is C13H21N3O4. The first-order valence-corrected chi connectivity index (χ1v) is 6.35. The number of nitrogens with zero attached hydrogens (tertiary/aromatic N) is 2. The fraction of sp³-hybridized carbons (Fsp3) is 0.615. The molecule has 112 valence electrons. The zero-order chi connectivity index (χ0) is 15.3. The van der Waals surface area contributed by atoms with Crippen LogP contribution < -0.4 is 5.32 Å². The summed E-state index contributed by atoms with van der Waals surface area (Å²) < 4.78 is 9.75. The van der Waals surface area contributed by atoms with Gasteiger partial charge in [0.15, 0.2) is 5.89 Å². The first-order chi connectivity index (χ1) is 9.35. The number of carbonyl (C=O) groups excluding carboxylic acids is 2.